The summed E-state index contributed by atoms with van der Waals surface area (Å²) in [6.45, 7) is -0.687. The van der Waals surface area contributed by atoms with E-state index in [4.69, 9.17) is 17.2 Å². The van der Waals surface area contributed by atoms with Crippen molar-refractivity contribution < 1.29 is 29.4 Å². The van der Waals surface area contributed by atoms with E-state index in [0.717, 1.165) is 16.5 Å². The molecule has 1 aromatic heterocycles. The number of aromatic amines is 1. The second-order valence-electron chi connectivity index (χ2n) is 9.10. The molecule has 3 amide bonds. The number of aliphatic hydroxyl groups excluding tert-OH is 1. The molecule has 0 saturated heterocycles. The fourth-order valence-corrected chi connectivity index (χ4v) is 4.38. The average molecular weight is 579 g/mol. The van der Waals surface area contributed by atoms with Gasteiger partial charge in [-0.2, -0.15) is 11.8 Å². The highest BCUT2D eigenvalue weighted by Gasteiger charge is 2.30. The predicted molar refractivity (Wildman–Crippen MR) is 153 cm³/mol. The molecule has 0 fully saturated rings. The number of carboxylic acid groups (broad SMARTS) is 1. The minimum atomic E-state index is -1.57. The first-order chi connectivity index (χ1) is 19.1. The smallest absolute Gasteiger partial charge is 0.328 e. The van der Waals surface area contributed by atoms with Gasteiger partial charge < -0.3 is 48.3 Å². The van der Waals surface area contributed by atoms with Gasteiger partial charge in [-0.1, -0.05) is 18.2 Å². The fourth-order valence-electron chi connectivity index (χ4n) is 3.89. The number of aliphatic imine (C=N–C) groups is 1. The summed E-state index contributed by atoms with van der Waals surface area (Å²) in [7, 11) is 0. The number of nitrogens with zero attached hydrogens (tertiary/aromatic N) is 1. The average Bonchev–Trinajstić information content (AvgIpc) is 3.33. The third-order valence-electron chi connectivity index (χ3n) is 6.08. The van der Waals surface area contributed by atoms with E-state index in [-0.39, 0.29) is 31.8 Å². The molecule has 0 aliphatic heterocycles. The maximum Gasteiger partial charge on any atom is 0.328 e. The lowest BCUT2D eigenvalue weighted by Crippen LogP contribution is -2.58. The van der Waals surface area contributed by atoms with Crippen molar-refractivity contribution in [1.82, 2.24) is 20.9 Å². The molecule has 4 atom stereocenters. The van der Waals surface area contributed by atoms with Crippen LogP contribution in [0.1, 0.15) is 24.8 Å². The number of nitrogens with one attached hydrogen (secondary N) is 4. The molecule has 2 rings (SSSR count). The Morgan fingerprint density at radius 3 is 2.30 bits per heavy atom. The van der Waals surface area contributed by atoms with E-state index >= 15 is 0 Å². The van der Waals surface area contributed by atoms with Gasteiger partial charge in [-0.15, -0.1) is 0 Å². The third-order valence-corrected chi connectivity index (χ3v) is 6.72. The minimum Gasteiger partial charge on any atom is -0.480 e. The van der Waals surface area contributed by atoms with Crippen LogP contribution in [0.25, 0.3) is 10.9 Å². The maximum absolute atomic E-state index is 13.5. The van der Waals surface area contributed by atoms with Crippen LogP contribution in [0.2, 0.25) is 0 Å². The van der Waals surface area contributed by atoms with Crippen molar-refractivity contribution in [3.63, 3.8) is 0 Å². The van der Waals surface area contributed by atoms with Gasteiger partial charge in [0.05, 0.1) is 12.6 Å². The van der Waals surface area contributed by atoms with Crippen LogP contribution in [0.15, 0.2) is 35.5 Å². The van der Waals surface area contributed by atoms with Gasteiger partial charge in [-0.25, -0.2) is 4.79 Å². The first-order valence-corrected chi connectivity index (χ1v) is 14.1. The van der Waals surface area contributed by atoms with Crippen molar-refractivity contribution in [2.75, 3.05) is 25.2 Å². The molecule has 0 radical (unpaired) electrons. The van der Waals surface area contributed by atoms with Gasteiger partial charge in [-0.3, -0.25) is 19.4 Å². The largest absolute Gasteiger partial charge is 0.480 e. The number of aliphatic carboxylic acids is 1. The number of rotatable bonds is 17. The van der Waals surface area contributed by atoms with Crippen LogP contribution in [-0.2, 0) is 25.6 Å². The van der Waals surface area contributed by atoms with E-state index in [0.29, 0.717) is 12.2 Å². The summed E-state index contributed by atoms with van der Waals surface area (Å²) < 4.78 is 0. The fraction of sp³-hybridized carbons (Fsp3) is 0.480. The van der Waals surface area contributed by atoms with Crippen LogP contribution in [0.5, 0.6) is 0 Å². The number of H-pyrrole nitrogens is 1. The summed E-state index contributed by atoms with van der Waals surface area (Å²) in [5, 5.41) is 26.9. The molecule has 220 valence electrons. The van der Waals surface area contributed by atoms with Crippen LogP contribution in [0.4, 0.5) is 0 Å². The van der Waals surface area contributed by atoms with E-state index in [9.17, 15) is 29.4 Å². The van der Waals surface area contributed by atoms with E-state index in [1.165, 1.54) is 11.8 Å². The molecule has 0 bridgehead atoms. The van der Waals surface area contributed by atoms with Crippen LogP contribution >= 0.6 is 11.8 Å². The molecule has 0 saturated carbocycles. The number of carboxylic acids is 1. The number of thioether (sulfide) groups is 1. The number of hydrogen-bond donors (Lipinski definition) is 9. The molecular weight excluding hydrogens is 540 g/mol. The molecule has 0 aliphatic rings. The first-order valence-electron chi connectivity index (χ1n) is 12.7. The molecule has 2 aromatic rings. The summed E-state index contributed by atoms with van der Waals surface area (Å²) in [6.07, 6.45) is 4.44. The molecule has 40 heavy (non-hydrogen) atoms. The topological polar surface area (TPSA) is 251 Å². The number of guanidine groups is 1. The van der Waals surface area contributed by atoms with Crippen molar-refractivity contribution in [2.24, 2.45) is 22.2 Å². The van der Waals surface area contributed by atoms with Crippen LogP contribution in [-0.4, -0.2) is 94.2 Å². The molecule has 14 nitrogen and oxygen atoms in total. The van der Waals surface area contributed by atoms with Gasteiger partial charge in [-0.05, 0) is 42.9 Å². The summed E-state index contributed by atoms with van der Waals surface area (Å²) in [4.78, 5) is 57.6. The SMILES string of the molecule is CSCCC(N)C(=O)NC(Cc1c[nH]c2ccccc12)C(=O)NC(CCCN=C(N)N)C(=O)NC(CO)C(=O)O. The lowest BCUT2D eigenvalue weighted by Gasteiger charge is -2.25. The lowest BCUT2D eigenvalue weighted by molar-refractivity contribution is -0.143. The zero-order valence-electron chi connectivity index (χ0n) is 22.3. The highest BCUT2D eigenvalue weighted by Crippen LogP contribution is 2.19. The van der Waals surface area contributed by atoms with E-state index in [2.05, 4.69) is 25.9 Å². The van der Waals surface area contributed by atoms with Crippen molar-refractivity contribution in [1.29, 1.82) is 0 Å². The van der Waals surface area contributed by atoms with Crippen LogP contribution < -0.4 is 33.2 Å². The Kier molecular flexibility index (Phi) is 13.2. The third kappa shape index (κ3) is 10.1. The minimum absolute atomic E-state index is 0.0487. The Labute approximate surface area is 235 Å². The highest BCUT2D eigenvalue weighted by atomic mass is 32.2. The van der Waals surface area contributed by atoms with Crippen molar-refractivity contribution >= 4 is 52.3 Å². The summed E-state index contributed by atoms with van der Waals surface area (Å²) in [6, 6.07) is 2.75. The Morgan fingerprint density at radius 2 is 1.65 bits per heavy atom. The molecule has 4 unspecified atom stereocenters. The number of para-hydroxylation sites is 1. The van der Waals surface area contributed by atoms with Gasteiger partial charge in [0.2, 0.25) is 17.7 Å². The number of benzene rings is 1. The Balaban J connectivity index is 2.29. The molecule has 1 heterocycles. The van der Waals surface area contributed by atoms with Gasteiger partial charge in [0.1, 0.15) is 18.1 Å². The Bertz CT molecular complexity index is 1190. The van der Waals surface area contributed by atoms with Crippen molar-refractivity contribution in [2.45, 2.75) is 49.9 Å². The Hall–Kier alpha value is -3.82. The number of nitrogens with two attached hydrogens (primary N) is 3. The number of carbonyl (C=O) groups excluding carboxylic acids is 3. The summed E-state index contributed by atoms with van der Waals surface area (Å²) >= 11 is 1.54. The summed E-state index contributed by atoms with van der Waals surface area (Å²) in [5.41, 5.74) is 18.3. The molecule has 15 heteroatoms. The normalized spacial score (nSPS) is 14.0. The number of aliphatic hydroxyl groups is 1. The summed E-state index contributed by atoms with van der Waals surface area (Å²) in [5.74, 6) is -2.95. The maximum atomic E-state index is 13.5. The Morgan fingerprint density at radius 1 is 1.00 bits per heavy atom. The first kappa shape index (κ1) is 32.4. The molecule has 1 aromatic carbocycles. The van der Waals surface area contributed by atoms with Gasteiger partial charge in [0.15, 0.2) is 5.96 Å². The van der Waals surface area contributed by atoms with Gasteiger partial charge in [0, 0.05) is 30.1 Å². The number of carbonyl (C=O) groups is 4. The molecule has 0 spiro atoms. The second-order valence-corrected chi connectivity index (χ2v) is 10.1. The quantitative estimate of drug-likeness (QED) is 0.0589. The van der Waals surface area contributed by atoms with Crippen molar-refractivity contribution in [3.8, 4) is 0 Å². The highest BCUT2D eigenvalue weighted by molar-refractivity contribution is 7.98. The number of hydrogen-bond acceptors (Lipinski definition) is 8. The molecular formula is C25H38N8O6S. The van der Waals surface area contributed by atoms with E-state index in [1.54, 1.807) is 6.20 Å². The predicted octanol–water partition coefficient (Wildman–Crippen LogP) is -1.62. The van der Waals surface area contributed by atoms with Crippen LogP contribution in [0.3, 0.4) is 0 Å². The molecule has 12 N–H and O–H groups in total. The lowest BCUT2D eigenvalue weighted by atomic mass is 10.0. The molecule has 0 aliphatic carbocycles. The van der Waals surface area contributed by atoms with Crippen LogP contribution in [0, 0.1) is 0 Å². The van der Waals surface area contributed by atoms with Gasteiger partial charge >= 0.3 is 5.97 Å². The standard InChI is InChI=1S/C25H38N8O6S/c1-40-10-8-16(26)21(35)32-19(11-14-12-30-17-6-3-2-5-15(14)17)23(37)31-18(7-4-9-29-25(27)28)22(36)33-20(13-34)24(38)39/h2-3,5-6,12,16,18-20,30,34H,4,7-11,13,26H2,1H3,(H,31,37)(H,32,35)(H,33,36)(H,38,39)(H4,27,28,29). The van der Waals surface area contributed by atoms with Crippen molar-refractivity contribution in [3.05, 3.63) is 36.0 Å². The number of aromatic nitrogens is 1. The van der Waals surface area contributed by atoms with E-state index < -0.39 is 54.5 Å². The zero-order chi connectivity index (χ0) is 29.7. The monoisotopic (exact) mass is 578 g/mol. The zero-order valence-corrected chi connectivity index (χ0v) is 23.1. The van der Waals surface area contributed by atoms with Gasteiger partial charge in [0.25, 0.3) is 0 Å². The second kappa shape index (κ2) is 16.3. The number of fused-ring (bicyclic) bond motifs is 1. The van der Waals surface area contributed by atoms with E-state index in [1.807, 2.05) is 30.5 Å². The number of amides is 3.